The molecule has 1 aliphatic rings. The summed E-state index contributed by atoms with van der Waals surface area (Å²) < 4.78 is 20.4. The van der Waals surface area contributed by atoms with E-state index < -0.39 is 24.5 Å². The minimum absolute atomic E-state index is 0.0184. The number of rotatable bonds is 7. The fraction of sp³-hybridized carbons (Fsp3) is 0.333. The van der Waals surface area contributed by atoms with Crippen LogP contribution in [0.1, 0.15) is 56.3 Å². The summed E-state index contributed by atoms with van der Waals surface area (Å²) in [6.07, 6.45) is 0.469. The third kappa shape index (κ3) is 4.37. The van der Waals surface area contributed by atoms with Crippen LogP contribution in [0, 0.1) is 6.92 Å². The van der Waals surface area contributed by atoms with Crippen LogP contribution in [0.25, 0.3) is 0 Å². The Morgan fingerprint density at radius 3 is 2.42 bits per heavy atom. The first-order chi connectivity index (χ1) is 14.8. The second-order valence-electron chi connectivity index (χ2n) is 6.76. The van der Waals surface area contributed by atoms with Crippen molar-refractivity contribution in [2.75, 3.05) is 25.8 Å². The van der Waals surface area contributed by atoms with E-state index in [0.29, 0.717) is 29.2 Å². The number of aromatic amines is 1. The number of amides is 1. The van der Waals surface area contributed by atoms with Gasteiger partial charge in [-0.05, 0) is 31.9 Å². The molecule has 1 aromatic carbocycles. The van der Waals surface area contributed by atoms with Gasteiger partial charge in [0.15, 0.2) is 23.9 Å². The highest BCUT2D eigenvalue weighted by Crippen LogP contribution is 2.37. The van der Waals surface area contributed by atoms with Crippen LogP contribution in [0.3, 0.4) is 0 Å². The number of H-pyrrole nitrogens is 1. The predicted octanol–water partition coefficient (Wildman–Crippen LogP) is 2.40. The highest BCUT2D eigenvalue weighted by Gasteiger charge is 2.25. The van der Waals surface area contributed by atoms with Gasteiger partial charge in [0.25, 0.3) is 5.91 Å². The van der Waals surface area contributed by atoms with Crippen LogP contribution in [0.2, 0.25) is 0 Å². The van der Waals surface area contributed by atoms with Gasteiger partial charge in [-0.15, -0.1) is 0 Å². The van der Waals surface area contributed by atoms with Crippen LogP contribution in [0.4, 0.5) is 5.69 Å². The van der Waals surface area contributed by atoms with E-state index in [1.807, 2.05) is 6.92 Å². The molecule has 1 amide bonds. The average molecular weight is 430 g/mol. The number of esters is 2. The van der Waals surface area contributed by atoms with Crippen molar-refractivity contribution in [2.24, 2.45) is 0 Å². The number of methoxy groups -OCH3 is 1. The number of ketones is 1. The van der Waals surface area contributed by atoms with Crippen molar-refractivity contribution >= 4 is 29.3 Å². The summed E-state index contributed by atoms with van der Waals surface area (Å²) >= 11 is 0. The molecule has 2 N–H and O–H groups in total. The van der Waals surface area contributed by atoms with Crippen molar-refractivity contribution in [1.29, 1.82) is 0 Å². The second kappa shape index (κ2) is 8.90. The summed E-state index contributed by atoms with van der Waals surface area (Å²) in [5.41, 5.74) is 1.70. The first-order valence-corrected chi connectivity index (χ1v) is 9.48. The Morgan fingerprint density at radius 1 is 1.13 bits per heavy atom. The first-order valence-electron chi connectivity index (χ1n) is 9.48. The number of aryl methyl sites for hydroxylation is 1. The normalized spacial score (nSPS) is 11.7. The Labute approximate surface area is 177 Å². The summed E-state index contributed by atoms with van der Waals surface area (Å²) in [7, 11) is 1.25. The number of Topliss-reactive ketones (excluding diaryl/α,β-unsaturated/α-hetero) is 1. The Balaban J connectivity index is 1.71. The molecule has 0 spiro atoms. The number of ether oxygens (including phenoxy) is 4. The van der Waals surface area contributed by atoms with Crippen molar-refractivity contribution in [1.82, 2.24) is 4.98 Å². The van der Waals surface area contributed by atoms with E-state index in [4.69, 9.17) is 18.9 Å². The third-order valence-corrected chi connectivity index (χ3v) is 4.78. The van der Waals surface area contributed by atoms with Gasteiger partial charge in [-0.1, -0.05) is 6.92 Å². The first kappa shape index (κ1) is 21.9. The third-order valence-electron chi connectivity index (χ3n) is 4.78. The number of aromatic nitrogens is 1. The molecule has 0 atom stereocenters. The van der Waals surface area contributed by atoms with Crippen LogP contribution in [-0.2, 0) is 20.7 Å². The quantitative estimate of drug-likeness (QED) is 0.505. The van der Waals surface area contributed by atoms with Crippen LogP contribution in [0.15, 0.2) is 12.1 Å². The molecule has 2 aromatic rings. The molecule has 0 aliphatic carbocycles. The maximum atomic E-state index is 12.5. The molecule has 10 nitrogen and oxygen atoms in total. The number of hydrogen-bond donors (Lipinski definition) is 2. The Morgan fingerprint density at radius 2 is 1.81 bits per heavy atom. The molecule has 31 heavy (non-hydrogen) atoms. The molecule has 0 unspecified atom stereocenters. The molecular weight excluding hydrogens is 408 g/mol. The summed E-state index contributed by atoms with van der Waals surface area (Å²) in [5.74, 6) is -1.50. The Kier molecular flexibility index (Phi) is 6.28. The Hall–Kier alpha value is -3.82. The van der Waals surface area contributed by atoms with Gasteiger partial charge < -0.3 is 29.2 Å². The van der Waals surface area contributed by atoms with E-state index in [0.717, 1.165) is 0 Å². The minimum atomic E-state index is -0.796. The molecular formula is C21H22N2O8. The lowest BCUT2D eigenvalue weighted by atomic mass is 10.1. The van der Waals surface area contributed by atoms with Gasteiger partial charge in [-0.2, -0.15) is 0 Å². The number of hydrogen-bond acceptors (Lipinski definition) is 8. The van der Waals surface area contributed by atoms with Gasteiger partial charge in [-0.25, -0.2) is 9.59 Å². The summed E-state index contributed by atoms with van der Waals surface area (Å²) in [6, 6.07) is 2.96. The number of carbonyl (C=O) groups excluding carboxylic acids is 4. The van der Waals surface area contributed by atoms with Crippen LogP contribution >= 0.6 is 0 Å². The zero-order valence-electron chi connectivity index (χ0n) is 17.5. The maximum Gasteiger partial charge on any atom is 0.355 e. The SMILES string of the molecule is CCc1[nH]c(C(=O)OCC(=O)Nc2cc3c(cc2C(C)=O)OCO3)c(C)c1C(=O)OC. The van der Waals surface area contributed by atoms with Crippen molar-refractivity contribution in [2.45, 2.75) is 27.2 Å². The summed E-state index contributed by atoms with van der Waals surface area (Å²) in [6.45, 7) is 4.18. The molecule has 1 aromatic heterocycles. The number of nitrogens with one attached hydrogen (secondary N) is 2. The van der Waals surface area contributed by atoms with Gasteiger partial charge in [0.2, 0.25) is 6.79 Å². The zero-order chi connectivity index (χ0) is 22.7. The van der Waals surface area contributed by atoms with Crippen molar-refractivity contribution in [3.63, 3.8) is 0 Å². The number of anilines is 1. The molecule has 164 valence electrons. The smallest absolute Gasteiger partial charge is 0.355 e. The van der Waals surface area contributed by atoms with E-state index in [-0.39, 0.29) is 35.1 Å². The van der Waals surface area contributed by atoms with Crippen molar-refractivity contribution < 1.29 is 38.1 Å². The fourth-order valence-electron chi connectivity index (χ4n) is 3.23. The topological polar surface area (TPSA) is 133 Å². The average Bonchev–Trinajstić information content (AvgIpc) is 3.34. The van der Waals surface area contributed by atoms with Gasteiger partial charge >= 0.3 is 11.9 Å². The number of fused-ring (bicyclic) bond motifs is 1. The Bertz CT molecular complexity index is 1070. The van der Waals surface area contributed by atoms with Gasteiger partial charge in [0.05, 0.1) is 18.4 Å². The molecule has 0 saturated heterocycles. The standard InChI is InChI=1S/C21H22N2O8/c1-5-13-18(20(26)28-4)10(2)19(23-13)21(27)29-8-17(25)22-14-7-16-15(30-9-31-16)6-12(14)11(3)24/h6-7,23H,5,8-9H2,1-4H3,(H,22,25). The highest BCUT2D eigenvalue weighted by atomic mass is 16.7. The van der Waals surface area contributed by atoms with E-state index in [1.165, 1.54) is 26.2 Å². The zero-order valence-corrected chi connectivity index (χ0v) is 17.5. The molecule has 10 heteroatoms. The molecule has 1 aliphatic heterocycles. The number of benzene rings is 1. The van der Waals surface area contributed by atoms with Crippen molar-refractivity contribution in [3.8, 4) is 11.5 Å². The van der Waals surface area contributed by atoms with E-state index in [1.54, 1.807) is 6.92 Å². The lowest BCUT2D eigenvalue weighted by Crippen LogP contribution is -2.22. The molecule has 2 heterocycles. The monoisotopic (exact) mass is 430 g/mol. The molecule has 0 radical (unpaired) electrons. The summed E-state index contributed by atoms with van der Waals surface area (Å²) in [4.78, 5) is 51.5. The largest absolute Gasteiger partial charge is 0.465 e. The molecule has 0 bridgehead atoms. The highest BCUT2D eigenvalue weighted by molar-refractivity contribution is 6.05. The lowest BCUT2D eigenvalue weighted by Gasteiger charge is -2.11. The number of carbonyl (C=O) groups is 4. The molecule has 3 rings (SSSR count). The van der Waals surface area contributed by atoms with Gasteiger partial charge in [0, 0.05) is 17.3 Å². The van der Waals surface area contributed by atoms with Crippen molar-refractivity contribution in [3.05, 3.63) is 40.2 Å². The van der Waals surface area contributed by atoms with Crippen LogP contribution in [-0.4, -0.2) is 49.1 Å². The lowest BCUT2D eigenvalue weighted by molar-refractivity contribution is -0.119. The predicted molar refractivity (Wildman–Crippen MR) is 108 cm³/mol. The van der Waals surface area contributed by atoms with E-state index >= 15 is 0 Å². The maximum absolute atomic E-state index is 12.5. The van der Waals surface area contributed by atoms with E-state index in [9.17, 15) is 19.2 Å². The summed E-state index contributed by atoms with van der Waals surface area (Å²) in [5, 5.41) is 2.54. The fourth-order valence-corrected chi connectivity index (χ4v) is 3.23. The van der Waals surface area contributed by atoms with Gasteiger partial charge in [-0.3, -0.25) is 9.59 Å². The second-order valence-corrected chi connectivity index (χ2v) is 6.76. The van der Waals surface area contributed by atoms with Gasteiger partial charge in [0.1, 0.15) is 5.69 Å². The minimum Gasteiger partial charge on any atom is -0.465 e. The molecule has 0 fully saturated rings. The molecule has 0 saturated carbocycles. The van der Waals surface area contributed by atoms with Crippen LogP contribution in [0.5, 0.6) is 11.5 Å². The van der Waals surface area contributed by atoms with Crippen LogP contribution < -0.4 is 14.8 Å². The van der Waals surface area contributed by atoms with E-state index in [2.05, 4.69) is 10.3 Å².